The van der Waals surface area contributed by atoms with Crippen molar-refractivity contribution in [3.8, 4) is 0 Å². The molecule has 0 unspecified atom stereocenters. The molecule has 0 spiro atoms. The van der Waals surface area contributed by atoms with Crippen molar-refractivity contribution in [2.24, 2.45) is 0 Å². The van der Waals surface area contributed by atoms with E-state index in [0.29, 0.717) is 18.7 Å². The van der Waals surface area contributed by atoms with Gasteiger partial charge in [-0.1, -0.05) is 0 Å². The van der Waals surface area contributed by atoms with Crippen molar-refractivity contribution < 1.29 is 9.53 Å². The Bertz CT molecular complexity index is 500. The average Bonchev–Trinajstić information content (AvgIpc) is 2.70. The van der Waals surface area contributed by atoms with E-state index in [4.69, 9.17) is 4.74 Å². The van der Waals surface area contributed by atoms with Crippen LogP contribution in [0, 0.1) is 0 Å². The molecule has 1 amide bonds. The van der Waals surface area contributed by atoms with Crippen molar-refractivity contribution >= 4 is 5.91 Å². The van der Waals surface area contributed by atoms with Gasteiger partial charge in [0.1, 0.15) is 0 Å². The summed E-state index contributed by atoms with van der Waals surface area (Å²) in [5.41, 5.74) is 0.214. The standard InChI is InChI=1S/C14H21N3O3/c1-20-10-9-16-5-2-6-17(8-7-16)14(19)12-3-4-15-13(18)11-12/h3-4,11H,2,5-10H2,1H3,(H,15,18). The molecule has 0 bridgehead atoms. The number of rotatable bonds is 4. The predicted molar refractivity (Wildman–Crippen MR) is 75.9 cm³/mol. The maximum Gasteiger partial charge on any atom is 0.254 e. The van der Waals surface area contributed by atoms with Crippen molar-refractivity contribution in [2.45, 2.75) is 6.42 Å². The molecular formula is C14H21N3O3. The Balaban J connectivity index is 1.96. The Kier molecular flexibility index (Phi) is 5.31. The van der Waals surface area contributed by atoms with Crippen LogP contribution in [0.2, 0.25) is 0 Å². The molecule has 0 aromatic carbocycles. The molecule has 6 nitrogen and oxygen atoms in total. The first-order chi connectivity index (χ1) is 9.70. The molecule has 1 aromatic rings. The van der Waals surface area contributed by atoms with E-state index < -0.39 is 0 Å². The topological polar surface area (TPSA) is 65.6 Å². The molecule has 2 heterocycles. The number of hydrogen-bond donors (Lipinski definition) is 1. The number of methoxy groups -OCH3 is 1. The number of carbonyl (C=O) groups excluding carboxylic acids is 1. The molecular weight excluding hydrogens is 258 g/mol. The van der Waals surface area contributed by atoms with E-state index in [1.165, 1.54) is 12.3 Å². The monoisotopic (exact) mass is 279 g/mol. The molecule has 0 atom stereocenters. The van der Waals surface area contributed by atoms with E-state index in [-0.39, 0.29) is 11.5 Å². The first kappa shape index (κ1) is 14.7. The number of amides is 1. The second kappa shape index (κ2) is 7.21. The van der Waals surface area contributed by atoms with E-state index in [1.807, 2.05) is 4.90 Å². The molecule has 1 aromatic heterocycles. The Morgan fingerprint density at radius 1 is 1.35 bits per heavy atom. The number of pyridine rings is 1. The van der Waals surface area contributed by atoms with Crippen molar-refractivity contribution in [2.75, 3.05) is 46.4 Å². The number of carbonyl (C=O) groups is 1. The second-order valence-electron chi connectivity index (χ2n) is 4.92. The Labute approximate surface area is 118 Å². The van der Waals surface area contributed by atoms with E-state index in [9.17, 15) is 9.59 Å². The first-order valence-corrected chi connectivity index (χ1v) is 6.90. The molecule has 1 aliphatic heterocycles. The van der Waals surface area contributed by atoms with Gasteiger partial charge in [-0.15, -0.1) is 0 Å². The normalized spacial score (nSPS) is 16.9. The highest BCUT2D eigenvalue weighted by molar-refractivity contribution is 5.94. The van der Waals surface area contributed by atoms with Crippen LogP contribution in [0.15, 0.2) is 23.1 Å². The third-order valence-electron chi connectivity index (χ3n) is 3.51. The van der Waals surface area contributed by atoms with Crippen LogP contribution in [0.4, 0.5) is 0 Å². The second-order valence-corrected chi connectivity index (χ2v) is 4.92. The van der Waals surface area contributed by atoms with Crippen molar-refractivity contribution in [1.82, 2.24) is 14.8 Å². The zero-order chi connectivity index (χ0) is 14.4. The van der Waals surface area contributed by atoms with Crippen LogP contribution in [-0.4, -0.2) is 67.1 Å². The van der Waals surface area contributed by atoms with Gasteiger partial charge in [0.15, 0.2) is 0 Å². The van der Waals surface area contributed by atoms with Gasteiger partial charge in [-0.3, -0.25) is 14.5 Å². The number of nitrogens with zero attached hydrogens (tertiary/aromatic N) is 2. The number of hydrogen-bond acceptors (Lipinski definition) is 4. The molecule has 1 fully saturated rings. The summed E-state index contributed by atoms with van der Waals surface area (Å²) in [6, 6.07) is 3.01. The highest BCUT2D eigenvalue weighted by Gasteiger charge is 2.20. The van der Waals surface area contributed by atoms with Crippen LogP contribution < -0.4 is 5.56 Å². The molecule has 0 radical (unpaired) electrons. The summed E-state index contributed by atoms with van der Waals surface area (Å²) in [4.78, 5) is 30.3. The molecule has 0 saturated carbocycles. The fraction of sp³-hybridized carbons (Fsp3) is 0.571. The van der Waals surface area contributed by atoms with E-state index in [2.05, 4.69) is 9.88 Å². The molecule has 1 saturated heterocycles. The van der Waals surface area contributed by atoms with Crippen molar-refractivity contribution in [3.05, 3.63) is 34.2 Å². The summed E-state index contributed by atoms with van der Waals surface area (Å²) in [6.45, 7) is 4.84. The predicted octanol–water partition coefficient (Wildman–Crippen LogP) is 0.169. The number of nitrogens with one attached hydrogen (secondary N) is 1. The lowest BCUT2D eigenvalue weighted by Gasteiger charge is -2.21. The van der Waals surface area contributed by atoms with Gasteiger partial charge in [0.2, 0.25) is 5.56 Å². The minimum absolute atomic E-state index is 0.0651. The number of H-pyrrole nitrogens is 1. The fourth-order valence-corrected chi connectivity index (χ4v) is 2.38. The van der Waals surface area contributed by atoms with Crippen LogP contribution in [0.25, 0.3) is 0 Å². The van der Waals surface area contributed by atoms with Gasteiger partial charge in [-0.2, -0.15) is 0 Å². The molecule has 1 N–H and O–H groups in total. The molecule has 0 aliphatic carbocycles. The smallest absolute Gasteiger partial charge is 0.254 e. The van der Waals surface area contributed by atoms with Crippen LogP contribution in [0.1, 0.15) is 16.8 Å². The first-order valence-electron chi connectivity index (χ1n) is 6.90. The van der Waals surface area contributed by atoms with E-state index in [0.717, 1.165) is 32.6 Å². The highest BCUT2D eigenvalue weighted by Crippen LogP contribution is 2.07. The van der Waals surface area contributed by atoms with Gasteiger partial charge in [0.05, 0.1) is 6.61 Å². The van der Waals surface area contributed by atoms with Crippen LogP contribution in [-0.2, 0) is 4.74 Å². The fourth-order valence-electron chi connectivity index (χ4n) is 2.38. The molecule has 1 aliphatic rings. The minimum atomic E-state index is -0.243. The van der Waals surface area contributed by atoms with Crippen LogP contribution >= 0.6 is 0 Å². The number of aromatic amines is 1. The number of ether oxygens (including phenoxy) is 1. The SMILES string of the molecule is COCCN1CCCN(C(=O)c2cc[nH]c(=O)c2)CC1. The summed E-state index contributed by atoms with van der Waals surface area (Å²) in [7, 11) is 1.70. The van der Waals surface area contributed by atoms with E-state index in [1.54, 1.807) is 13.2 Å². The van der Waals surface area contributed by atoms with Gasteiger partial charge < -0.3 is 14.6 Å². The third kappa shape index (κ3) is 3.91. The van der Waals surface area contributed by atoms with Gasteiger partial charge >= 0.3 is 0 Å². The van der Waals surface area contributed by atoms with Gasteiger partial charge in [-0.05, 0) is 19.0 Å². The van der Waals surface area contributed by atoms with Crippen molar-refractivity contribution in [3.63, 3.8) is 0 Å². The summed E-state index contributed by atoms with van der Waals surface area (Å²) >= 11 is 0. The van der Waals surface area contributed by atoms with Crippen LogP contribution in [0.5, 0.6) is 0 Å². The Morgan fingerprint density at radius 3 is 2.95 bits per heavy atom. The third-order valence-corrected chi connectivity index (χ3v) is 3.51. The molecule has 6 heteroatoms. The summed E-state index contributed by atoms with van der Waals surface area (Å²) < 4.78 is 5.08. The van der Waals surface area contributed by atoms with Gasteiger partial charge in [-0.25, -0.2) is 0 Å². The zero-order valence-corrected chi connectivity index (χ0v) is 11.8. The molecule has 2 rings (SSSR count). The summed E-state index contributed by atoms with van der Waals surface area (Å²) in [5.74, 6) is -0.0651. The maximum atomic E-state index is 12.4. The maximum absolute atomic E-state index is 12.4. The van der Waals surface area contributed by atoms with Crippen molar-refractivity contribution in [1.29, 1.82) is 0 Å². The largest absolute Gasteiger partial charge is 0.383 e. The number of aromatic nitrogens is 1. The lowest BCUT2D eigenvalue weighted by Crippen LogP contribution is -2.36. The summed E-state index contributed by atoms with van der Waals surface area (Å²) in [6.07, 6.45) is 2.46. The quantitative estimate of drug-likeness (QED) is 0.853. The average molecular weight is 279 g/mol. The van der Waals surface area contributed by atoms with Gasteiger partial charge in [0.25, 0.3) is 5.91 Å². The highest BCUT2D eigenvalue weighted by atomic mass is 16.5. The van der Waals surface area contributed by atoms with Gasteiger partial charge in [0, 0.05) is 51.1 Å². The minimum Gasteiger partial charge on any atom is -0.383 e. The van der Waals surface area contributed by atoms with E-state index >= 15 is 0 Å². The summed E-state index contributed by atoms with van der Waals surface area (Å²) in [5, 5.41) is 0. The molecule has 110 valence electrons. The Hall–Kier alpha value is -1.66. The van der Waals surface area contributed by atoms with Crippen LogP contribution in [0.3, 0.4) is 0 Å². The Morgan fingerprint density at radius 2 is 2.20 bits per heavy atom. The molecule has 20 heavy (non-hydrogen) atoms. The lowest BCUT2D eigenvalue weighted by atomic mass is 10.2. The zero-order valence-electron chi connectivity index (χ0n) is 11.8. The lowest BCUT2D eigenvalue weighted by molar-refractivity contribution is 0.0759.